The molecule has 14 heavy (non-hydrogen) atoms. The van der Waals surface area contributed by atoms with Gasteiger partial charge in [-0.1, -0.05) is 19.3 Å². The summed E-state index contributed by atoms with van der Waals surface area (Å²) in [4.78, 5) is 4.06. The molecule has 0 amide bonds. The molecule has 1 heterocycles. The largest absolute Gasteiger partial charge is 0.382 e. The molecule has 0 bridgehead atoms. The SMILES string of the molecule is N=C(N)c1cncn1C1CCCCC1. The van der Waals surface area contributed by atoms with E-state index < -0.39 is 0 Å². The van der Waals surface area contributed by atoms with E-state index in [2.05, 4.69) is 9.55 Å². The van der Waals surface area contributed by atoms with Crippen LogP contribution < -0.4 is 5.73 Å². The number of nitrogens with one attached hydrogen (secondary N) is 1. The molecule has 0 aliphatic heterocycles. The molecule has 1 aromatic heterocycles. The normalized spacial score (nSPS) is 18.3. The van der Waals surface area contributed by atoms with Crippen molar-refractivity contribution in [1.29, 1.82) is 5.41 Å². The zero-order valence-corrected chi connectivity index (χ0v) is 8.24. The summed E-state index contributed by atoms with van der Waals surface area (Å²) in [6.07, 6.45) is 9.75. The van der Waals surface area contributed by atoms with E-state index in [-0.39, 0.29) is 5.84 Å². The second-order valence-electron chi connectivity index (χ2n) is 3.89. The zero-order chi connectivity index (χ0) is 9.97. The molecular formula is C10H16N4. The number of hydrogen-bond acceptors (Lipinski definition) is 2. The van der Waals surface area contributed by atoms with E-state index in [1.54, 1.807) is 12.5 Å². The molecule has 0 spiro atoms. The van der Waals surface area contributed by atoms with Gasteiger partial charge in [0.2, 0.25) is 0 Å². The lowest BCUT2D eigenvalue weighted by Crippen LogP contribution is -2.21. The van der Waals surface area contributed by atoms with Crippen LogP contribution in [0.1, 0.15) is 43.8 Å². The quantitative estimate of drug-likeness (QED) is 0.553. The summed E-state index contributed by atoms with van der Waals surface area (Å²) in [6, 6.07) is 0.505. The van der Waals surface area contributed by atoms with Crippen LogP contribution in [0.5, 0.6) is 0 Å². The molecule has 76 valence electrons. The van der Waals surface area contributed by atoms with Crippen molar-refractivity contribution in [1.82, 2.24) is 9.55 Å². The lowest BCUT2D eigenvalue weighted by atomic mass is 9.95. The van der Waals surface area contributed by atoms with Gasteiger partial charge in [0.1, 0.15) is 11.5 Å². The van der Waals surface area contributed by atoms with E-state index in [1.165, 1.54) is 32.1 Å². The average Bonchev–Trinajstić information content (AvgIpc) is 2.67. The van der Waals surface area contributed by atoms with Crippen LogP contribution in [-0.2, 0) is 0 Å². The maximum Gasteiger partial charge on any atom is 0.141 e. The number of aromatic nitrogens is 2. The minimum atomic E-state index is 0.119. The Morgan fingerprint density at radius 1 is 1.43 bits per heavy atom. The highest BCUT2D eigenvalue weighted by Gasteiger charge is 2.18. The van der Waals surface area contributed by atoms with Crippen molar-refractivity contribution in [2.24, 2.45) is 5.73 Å². The Balaban J connectivity index is 2.21. The third kappa shape index (κ3) is 1.64. The van der Waals surface area contributed by atoms with E-state index in [9.17, 15) is 0 Å². The molecule has 0 saturated heterocycles. The molecular weight excluding hydrogens is 176 g/mol. The number of amidine groups is 1. The Morgan fingerprint density at radius 3 is 2.79 bits per heavy atom. The maximum absolute atomic E-state index is 7.43. The number of nitrogens with zero attached hydrogens (tertiary/aromatic N) is 2. The lowest BCUT2D eigenvalue weighted by Gasteiger charge is -2.24. The Hall–Kier alpha value is -1.32. The van der Waals surface area contributed by atoms with Crippen molar-refractivity contribution in [2.45, 2.75) is 38.1 Å². The van der Waals surface area contributed by atoms with E-state index in [4.69, 9.17) is 11.1 Å². The molecule has 0 unspecified atom stereocenters. The molecule has 1 fully saturated rings. The van der Waals surface area contributed by atoms with Crippen LogP contribution in [0.2, 0.25) is 0 Å². The summed E-state index contributed by atoms with van der Waals surface area (Å²) < 4.78 is 2.06. The molecule has 1 aromatic rings. The average molecular weight is 192 g/mol. The third-order valence-electron chi connectivity index (χ3n) is 2.91. The van der Waals surface area contributed by atoms with Gasteiger partial charge in [0.15, 0.2) is 0 Å². The molecule has 1 aliphatic carbocycles. The van der Waals surface area contributed by atoms with Crippen LogP contribution in [0.3, 0.4) is 0 Å². The fraction of sp³-hybridized carbons (Fsp3) is 0.600. The van der Waals surface area contributed by atoms with E-state index in [0.29, 0.717) is 6.04 Å². The molecule has 3 N–H and O–H groups in total. The summed E-state index contributed by atoms with van der Waals surface area (Å²) in [5.74, 6) is 0.119. The van der Waals surface area contributed by atoms with Gasteiger partial charge >= 0.3 is 0 Å². The van der Waals surface area contributed by atoms with Crippen LogP contribution in [0.4, 0.5) is 0 Å². The van der Waals surface area contributed by atoms with Crippen LogP contribution in [-0.4, -0.2) is 15.4 Å². The molecule has 0 atom stereocenters. The fourth-order valence-corrected chi connectivity index (χ4v) is 2.16. The molecule has 0 aromatic carbocycles. The monoisotopic (exact) mass is 192 g/mol. The zero-order valence-electron chi connectivity index (χ0n) is 8.24. The Bertz CT molecular complexity index is 323. The van der Waals surface area contributed by atoms with Crippen LogP contribution in [0.15, 0.2) is 12.5 Å². The summed E-state index contributed by atoms with van der Waals surface area (Å²) in [6.45, 7) is 0. The van der Waals surface area contributed by atoms with Crippen molar-refractivity contribution in [3.05, 3.63) is 18.2 Å². The van der Waals surface area contributed by atoms with Crippen LogP contribution in [0, 0.1) is 5.41 Å². The van der Waals surface area contributed by atoms with Gasteiger partial charge in [-0.25, -0.2) is 4.98 Å². The predicted molar refractivity (Wildman–Crippen MR) is 55.4 cm³/mol. The van der Waals surface area contributed by atoms with E-state index >= 15 is 0 Å². The fourth-order valence-electron chi connectivity index (χ4n) is 2.16. The Labute approximate surface area is 83.6 Å². The molecule has 4 nitrogen and oxygen atoms in total. The molecule has 4 heteroatoms. The van der Waals surface area contributed by atoms with Gasteiger partial charge in [0, 0.05) is 6.04 Å². The summed E-state index contributed by atoms with van der Waals surface area (Å²) in [7, 11) is 0. The van der Waals surface area contributed by atoms with Gasteiger partial charge in [-0.3, -0.25) is 5.41 Å². The minimum absolute atomic E-state index is 0.119. The Kier molecular flexibility index (Phi) is 2.52. The second-order valence-corrected chi connectivity index (χ2v) is 3.89. The smallest absolute Gasteiger partial charge is 0.141 e. The summed E-state index contributed by atoms with van der Waals surface area (Å²) in [5, 5.41) is 7.43. The molecule has 0 radical (unpaired) electrons. The first kappa shape index (κ1) is 9.24. The first-order valence-corrected chi connectivity index (χ1v) is 5.15. The van der Waals surface area contributed by atoms with Gasteiger partial charge in [0.25, 0.3) is 0 Å². The molecule has 1 saturated carbocycles. The number of nitrogens with two attached hydrogens (primary N) is 1. The predicted octanol–water partition coefficient (Wildman–Crippen LogP) is 1.67. The van der Waals surface area contributed by atoms with Crippen molar-refractivity contribution in [3.8, 4) is 0 Å². The van der Waals surface area contributed by atoms with Crippen LogP contribution in [0.25, 0.3) is 0 Å². The highest BCUT2D eigenvalue weighted by atomic mass is 15.1. The first-order chi connectivity index (χ1) is 6.79. The van der Waals surface area contributed by atoms with Crippen molar-refractivity contribution >= 4 is 5.84 Å². The van der Waals surface area contributed by atoms with Crippen molar-refractivity contribution in [3.63, 3.8) is 0 Å². The van der Waals surface area contributed by atoms with Crippen molar-refractivity contribution in [2.75, 3.05) is 0 Å². The second kappa shape index (κ2) is 3.82. The maximum atomic E-state index is 7.43. The van der Waals surface area contributed by atoms with E-state index in [1.807, 2.05) is 0 Å². The van der Waals surface area contributed by atoms with Gasteiger partial charge in [-0.05, 0) is 12.8 Å². The number of imidazole rings is 1. The first-order valence-electron chi connectivity index (χ1n) is 5.15. The van der Waals surface area contributed by atoms with E-state index in [0.717, 1.165) is 5.69 Å². The third-order valence-corrected chi connectivity index (χ3v) is 2.91. The highest BCUT2D eigenvalue weighted by Crippen LogP contribution is 2.28. The number of hydrogen-bond donors (Lipinski definition) is 2. The molecule has 1 aliphatic rings. The standard InChI is InChI=1S/C10H16N4/c11-10(12)9-6-13-7-14(9)8-4-2-1-3-5-8/h6-8H,1-5H2,(H3,11,12). The van der Waals surface area contributed by atoms with Crippen molar-refractivity contribution < 1.29 is 0 Å². The molecule has 2 rings (SSSR count). The number of rotatable bonds is 2. The lowest BCUT2D eigenvalue weighted by molar-refractivity contribution is 0.352. The van der Waals surface area contributed by atoms with Gasteiger partial charge in [0.05, 0.1) is 12.5 Å². The summed E-state index contributed by atoms with van der Waals surface area (Å²) >= 11 is 0. The van der Waals surface area contributed by atoms with Gasteiger partial charge < -0.3 is 10.3 Å². The summed E-state index contributed by atoms with van der Waals surface area (Å²) in [5.41, 5.74) is 6.25. The highest BCUT2D eigenvalue weighted by molar-refractivity contribution is 5.93. The minimum Gasteiger partial charge on any atom is -0.382 e. The topological polar surface area (TPSA) is 67.7 Å². The van der Waals surface area contributed by atoms with Gasteiger partial charge in [-0.2, -0.15) is 0 Å². The Morgan fingerprint density at radius 2 is 2.14 bits per heavy atom. The van der Waals surface area contributed by atoms with Gasteiger partial charge in [-0.15, -0.1) is 0 Å². The van der Waals surface area contributed by atoms with Crippen LogP contribution >= 0.6 is 0 Å². The number of nitrogen functional groups attached to an aromatic ring is 1.